The number of aromatic hydroxyl groups is 4. The van der Waals surface area contributed by atoms with Gasteiger partial charge >= 0.3 is 12.2 Å². The number of phenolic OH excluding ortho intramolecular Hbond substituents is 4. The molecule has 47 heavy (non-hydrogen) atoms. The fraction of sp³-hybridized carbons (Fsp3) is 0.500. The van der Waals surface area contributed by atoms with Crippen LogP contribution < -0.4 is 21.3 Å². The van der Waals surface area contributed by atoms with Gasteiger partial charge in [-0.25, -0.2) is 9.59 Å². The van der Waals surface area contributed by atoms with Crippen molar-refractivity contribution in [2.75, 3.05) is 26.3 Å². The van der Waals surface area contributed by atoms with Crippen molar-refractivity contribution in [3.63, 3.8) is 0 Å². The van der Waals surface area contributed by atoms with Crippen molar-refractivity contribution >= 4 is 24.0 Å². The molecule has 0 aliphatic rings. The lowest BCUT2D eigenvalue weighted by molar-refractivity contribution is -0.123. The molecule has 260 valence electrons. The summed E-state index contributed by atoms with van der Waals surface area (Å²) in [5.41, 5.74) is -0.646. The molecule has 2 aromatic carbocycles. The van der Waals surface area contributed by atoms with E-state index >= 15 is 0 Å². The van der Waals surface area contributed by atoms with E-state index in [9.17, 15) is 39.6 Å². The quantitative estimate of drug-likeness (QED) is 0.108. The molecule has 0 bridgehead atoms. The van der Waals surface area contributed by atoms with Crippen LogP contribution in [0.3, 0.4) is 0 Å². The van der Waals surface area contributed by atoms with Crippen LogP contribution in [0.1, 0.15) is 52.7 Å². The highest BCUT2D eigenvalue weighted by atomic mass is 16.6. The molecule has 0 aliphatic carbocycles. The summed E-state index contributed by atoms with van der Waals surface area (Å²) in [6.45, 7) is 10.3. The van der Waals surface area contributed by atoms with Gasteiger partial charge in [0.15, 0.2) is 23.0 Å². The number of rotatable bonds is 14. The van der Waals surface area contributed by atoms with Gasteiger partial charge < -0.3 is 55.9 Å². The van der Waals surface area contributed by atoms with Crippen molar-refractivity contribution < 1.29 is 53.8 Å². The Hall–Kier alpha value is -4.92. The van der Waals surface area contributed by atoms with E-state index in [2.05, 4.69) is 21.3 Å². The third-order valence-electron chi connectivity index (χ3n) is 6.07. The molecule has 2 aromatic rings. The molecule has 8 N–H and O–H groups in total. The summed E-state index contributed by atoms with van der Waals surface area (Å²) in [6, 6.07) is 5.98. The molecule has 0 saturated heterocycles. The van der Waals surface area contributed by atoms with Gasteiger partial charge in [0.2, 0.25) is 11.8 Å². The predicted molar refractivity (Wildman–Crippen MR) is 170 cm³/mol. The van der Waals surface area contributed by atoms with Crippen LogP contribution in [0.5, 0.6) is 23.0 Å². The normalized spacial score (nSPS) is 12.7. The number of ether oxygens (including phenoxy) is 3. The van der Waals surface area contributed by atoms with Gasteiger partial charge in [-0.1, -0.05) is 12.1 Å². The van der Waals surface area contributed by atoms with Crippen molar-refractivity contribution in [3.05, 3.63) is 47.5 Å². The Labute approximate surface area is 273 Å². The number of alkyl carbamates (subject to hydrolysis) is 2. The van der Waals surface area contributed by atoms with Crippen molar-refractivity contribution in [1.82, 2.24) is 21.3 Å². The van der Waals surface area contributed by atoms with Gasteiger partial charge in [0.25, 0.3) is 0 Å². The van der Waals surface area contributed by atoms with E-state index in [4.69, 9.17) is 14.2 Å². The topological polar surface area (TPSA) is 225 Å². The van der Waals surface area contributed by atoms with Crippen LogP contribution in [-0.2, 0) is 36.6 Å². The third kappa shape index (κ3) is 14.8. The summed E-state index contributed by atoms with van der Waals surface area (Å²) >= 11 is 0. The largest absolute Gasteiger partial charge is 0.504 e. The lowest BCUT2D eigenvalue weighted by Crippen LogP contribution is -2.50. The molecule has 15 heteroatoms. The van der Waals surface area contributed by atoms with E-state index in [-0.39, 0.29) is 62.1 Å². The zero-order valence-corrected chi connectivity index (χ0v) is 27.5. The van der Waals surface area contributed by atoms with Crippen LogP contribution in [0.2, 0.25) is 0 Å². The number of phenols is 4. The van der Waals surface area contributed by atoms with Gasteiger partial charge in [0, 0.05) is 25.9 Å². The van der Waals surface area contributed by atoms with E-state index in [0.717, 1.165) is 0 Å². The third-order valence-corrected chi connectivity index (χ3v) is 6.07. The van der Waals surface area contributed by atoms with E-state index in [1.165, 1.54) is 36.4 Å². The highest BCUT2D eigenvalue weighted by molar-refractivity contribution is 5.86. The molecule has 0 spiro atoms. The second kappa shape index (κ2) is 17.1. The second-order valence-electron chi connectivity index (χ2n) is 12.6. The highest BCUT2D eigenvalue weighted by Crippen LogP contribution is 2.26. The molecular formula is C32H46N4O11. The first-order valence-corrected chi connectivity index (χ1v) is 15.0. The first-order valence-electron chi connectivity index (χ1n) is 15.0. The Balaban J connectivity index is 1.89. The number of nitrogens with one attached hydrogen (secondary N) is 4. The monoisotopic (exact) mass is 662 g/mol. The van der Waals surface area contributed by atoms with Crippen molar-refractivity contribution in [2.24, 2.45) is 0 Å². The van der Waals surface area contributed by atoms with E-state index in [0.29, 0.717) is 11.1 Å². The molecule has 0 aromatic heterocycles. The SMILES string of the molecule is CC(C)(C)OC(=O)NC(Cc1ccc(O)c(O)c1)C(=O)NCCOCCNC(=O)C(Cc1ccc(O)c(O)c1)NC(=O)OC(C)(C)C. The number of hydrogen-bond acceptors (Lipinski definition) is 11. The average molecular weight is 663 g/mol. The minimum atomic E-state index is -1.07. The Morgan fingerprint density at radius 2 is 0.979 bits per heavy atom. The molecular weight excluding hydrogens is 616 g/mol. The fourth-order valence-electron chi connectivity index (χ4n) is 4.02. The molecule has 15 nitrogen and oxygen atoms in total. The highest BCUT2D eigenvalue weighted by Gasteiger charge is 2.26. The Kier molecular flexibility index (Phi) is 13.9. The number of hydrogen-bond donors (Lipinski definition) is 8. The minimum Gasteiger partial charge on any atom is -0.504 e. The summed E-state index contributed by atoms with van der Waals surface area (Å²) < 4.78 is 16.0. The van der Waals surface area contributed by atoms with E-state index < -0.39 is 47.3 Å². The molecule has 4 amide bonds. The van der Waals surface area contributed by atoms with Crippen molar-refractivity contribution in [2.45, 2.75) is 77.7 Å². The molecule has 0 heterocycles. The maximum atomic E-state index is 12.9. The number of benzene rings is 2. The van der Waals surface area contributed by atoms with Crippen LogP contribution in [0.15, 0.2) is 36.4 Å². The first-order chi connectivity index (χ1) is 21.8. The number of amides is 4. The zero-order chi connectivity index (χ0) is 35.4. The lowest BCUT2D eigenvalue weighted by atomic mass is 10.0. The standard InChI is InChI=1S/C32H46N4O11/c1-31(2,3)46-29(43)35-21(15-19-7-9-23(37)25(39)17-19)27(41)33-11-13-45-14-12-34-28(42)22(36-30(44)47-32(4,5)6)16-20-8-10-24(38)26(40)18-20/h7-10,17-18,21-22,37-40H,11-16H2,1-6H3,(H,33,41)(H,34,42)(H,35,43)(H,36,44). The maximum absolute atomic E-state index is 12.9. The van der Waals surface area contributed by atoms with Crippen molar-refractivity contribution in [3.8, 4) is 23.0 Å². The average Bonchev–Trinajstić information content (AvgIpc) is 2.93. The van der Waals surface area contributed by atoms with Crippen LogP contribution in [0.4, 0.5) is 9.59 Å². The molecule has 2 atom stereocenters. The Morgan fingerprint density at radius 1 is 0.617 bits per heavy atom. The zero-order valence-electron chi connectivity index (χ0n) is 27.5. The van der Waals surface area contributed by atoms with Gasteiger partial charge in [0.05, 0.1) is 13.2 Å². The Bertz CT molecular complexity index is 1280. The maximum Gasteiger partial charge on any atom is 0.408 e. The number of carbonyl (C=O) groups is 4. The summed E-state index contributed by atoms with van der Waals surface area (Å²) in [5.74, 6) is -2.48. The smallest absolute Gasteiger partial charge is 0.408 e. The molecule has 0 aliphatic heterocycles. The second-order valence-corrected chi connectivity index (χ2v) is 12.6. The van der Waals surface area contributed by atoms with Crippen LogP contribution in [0.25, 0.3) is 0 Å². The predicted octanol–water partition coefficient (Wildman–Crippen LogP) is 2.33. The van der Waals surface area contributed by atoms with Gasteiger partial charge in [0.1, 0.15) is 23.3 Å². The number of carbonyl (C=O) groups excluding carboxylic acids is 4. The summed E-state index contributed by atoms with van der Waals surface area (Å²) in [6.07, 6.45) is -1.63. The fourth-order valence-corrected chi connectivity index (χ4v) is 4.02. The molecule has 2 unspecified atom stereocenters. The molecule has 2 rings (SSSR count). The molecule has 0 saturated carbocycles. The van der Waals surface area contributed by atoms with Crippen LogP contribution in [0, 0.1) is 0 Å². The Morgan fingerprint density at radius 3 is 1.30 bits per heavy atom. The summed E-state index contributed by atoms with van der Waals surface area (Å²) in [7, 11) is 0. The van der Waals surface area contributed by atoms with E-state index in [1.807, 2.05) is 0 Å². The summed E-state index contributed by atoms with van der Waals surface area (Å²) in [5, 5.41) is 49.1. The lowest BCUT2D eigenvalue weighted by Gasteiger charge is -2.23. The van der Waals surface area contributed by atoms with Crippen molar-refractivity contribution in [1.29, 1.82) is 0 Å². The van der Waals surface area contributed by atoms with Gasteiger partial charge in [-0.05, 0) is 76.9 Å². The van der Waals surface area contributed by atoms with Crippen LogP contribution in [-0.4, -0.2) is 94.0 Å². The van der Waals surface area contributed by atoms with E-state index in [1.54, 1.807) is 41.5 Å². The molecule has 0 radical (unpaired) electrons. The van der Waals surface area contributed by atoms with Gasteiger partial charge in [-0.3, -0.25) is 9.59 Å². The van der Waals surface area contributed by atoms with Gasteiger partial charge in [-0.2, -0.15) is 0 Å². The van der Waals surface area contributed by atoms with Crippen LogP contribution >= 0.6 is 0 Å². The minimum absolute atomic E-state index is 0.00589. The van der Waals surface area contributed by atoms with Gasteiger partial charge in [-0.15, -0.1) is 0 Å². The first kappa shape index (κ1) is 38.3. The molecule has 0 fully saturated rings. The summed E-state index contributed by atoms with van der Waals surface area (Å²) in [4.78, 5) is 50.6.